The summed E-state index contributed by atoms with van der Waals surface area (Å²) in [5.74, 6) is -3.07. The first-order valence-electron chi connectivity index (χ1n) is 50.0. The minimum atomic E-state index is -2.92. The van der Waals surface area contributed by atoms with Gasteiger partial charge < -0.3 is 132 Å². The van der Waals surface area contributed by atoms with Crippen molar-refractivity contribution in [3.05, 3.63) is 73.3 Å². The van der Waals surface area contributed by atoms with Gasteiger partial charge in [0.2, 0.25) is 0 Å². The molecule has 0 aliphatic carbocycles. The van der Waals surface area contributed by atoms with Gasteiger partial charge >= 0.3 is 71.8 Å². The minimum Gasteiger partial charge on any atom is -0.481 e. The Morgan fingerprint density at radius 3 is 1.11 bits per heavy atom. The van der Waals surface area contributed by atoms with Crippen molar-refractivity contribution in [2.75, 3.05) is 120 Å². The molecule has 3 aliphatic rings. The van der Waals surface area contributed by atoms with Crippen molar-refractivity contribution in [2.24, 2.45) is 35.3 Å². The summed E-state index contributed by atoms with van der Waals surface area (Å²) in [6, 6.07) is 17.6. The number of aliphatic carboxylic acids is 1. The number of benzene rings is 2. The summed E-state index contributed by atoms with van der Waals surface area (Å²) >= 11 is 0. The van der Waals surface area contributed by atoms with Crippen molar-refractivity contribution in [2.45, 2.75) is 351 Å². The van der Waals surface area contributed by atoms with Crippen molar-refractivity contribution in [3.63, 3.8) is 0 Å². The molecular weight excluding hydrogens is 1930 g/mol. The summed E-state index contributed by atoms with van der Waals surface area (Å²) in [5.41, 5.74) is 3.12. The molecule has 12 atom stereocenters. The smallest absolute Gasteiger partial charge is 0.408 e. The lowest BCUT2D eigenvalue weighted by Gasteiger charge is -2.42. The first-order chi connectivity index (χ1) is 65.6. The van der Waals surface area contributed by atoms with Crippen molar-refractivity contribution >= 4 is 113 Å². The maximum absolute atomic E-state index is 12.8. The van der Waals surface area contributed by atoms with Gasteiger partial charge in [-0.3, -0.25) is 9.18 Å². The van der Waals surface area contributed by atoms with Gasteiger partial charge in [-0.1, -0.05) is 191 Å². The van der Waals surface area contributed by atoms with Crippen molar-refractivity contribution in [1.29, 1.82) is 0 Å². The van der Waals surface area contributed by atoms with E-state index in [-0.39, 0.29) is 95.1 Å². The number of carboxylic acids is 1. The zero-order chi connectivity index (χ0) is 112. The summed E-state index contributed by atoms with van der Waals surface area (Å²) in [4.78, 5) is 119. The second kappa shape index (κ2) is 60.6. The predicted molar refractivity (Wildman–Crippen MR) is 573 cm³/mol. The van der Waals surface area contributed by atoms with Crippen LogP contribution < -0.4 is 58.6 Å². The highest BCUT2D eigenvalue weighted by Crippen LogP contribution is 2.42. The van der Waals surface area contributed by atoms with Crippen LogP contribution in [0.15, 0.2) is 73.3 Å². The monoisotopic (exact) mass is 2120 g/mol. The Balaban J connectivity index is 0. The highest BCUT2D eigenvalue weighted by atomic mass is 28.4. The molecule has 0 aromatic heterocycles. The number of ether oxygens (including phenoxy) is 8. The molecule has 3 fully saturated rings. The van der Waals surface area contributed by atoms with Gasteiger partial charge in [-0.15, -0.1) is 6.58 Å². The molecule has 0 spiro atoms. The maximum atomic E-state index is 12.8. The first-order valence-corrected chi connectivity index (χ1v) is 61.6. The number of hydrogen-bond acceptors (Lipinski definition) is 27. The Morgan fingerprint density at radius 2 is 0.790 bits per heavy atom. The Bertz CT molecular complexity index is 4140. The van der Waals surface area contributed by atoms with Gasteiger partial charge in [-0.25, -0.2) is 38.4 Å². The molecule has 828 valence electrons. The fraction of sp³-hybridized carbons (Fsp3) is 0.762. The average Bonchev–Trinajstić information content (AvgIpc) is 0.776. The van der Waals surface area contributed by atoms with Gasteiger partial charge in [-0.2, -0.15) is 0 Å². The number of carbonyl (C=O) groups excluding carboxylic acids is 9. The van der Waals surface area contributed by atoms with Gasteiger partial charge in [-0.05, 0) is 195 Å². The molecule has 3 heterocycles. The van der Waals surface area contributed by atoms with Crippen LogP contribution in [0.2, 0.25) is 64.5 Å². The van der Waals surface area contributed by atoms with E-state index in [1.54, 1.807) is 76.5 Å². The number of alkyl halides is 1. The number of cyclic esters (lactones) is 3. The molecule has 3 aliphatic heterocycles. The average molecular weight is 2120 g/mol. The Kier molecular flexibility index (Phi) is 57.2. The fourth-order valence-corrected chi connectivity index (χ4v) is 23.2. The van der Waals surface area contributed by atoms with Gasteiger partial charge in [0.1, 0.15) is 54.1 Å². The number of alkyl carbamates (subject to hydrolysis) is 8. The molecule has 8 amide bonds. The normalized spacial score (nSPS) is 19.1. The van der Waals surface area contributed by atoms with Crippen molar-refractivity contribution in [3.8, 4) is 0 Å². The number of carbonyl (C=O) groups is 10. The number of rotatable bonds is 33. The minimum absolute atomic E-state index is 0.0610. The molecule has 42 heteroatoms. The molecule has 2 aromatic rings. The van der Waals surface area contributed by atoms with E-state index in [9.17, 15) is 52.3 Å². The molecule has 0 bridgehead atoms. The van der Waals surface area contributed by atoms with Gasteiger partial charge in [0, 0.05) is 81.5 Å². The molecule has 36 nitrogen and oxygen atoms in total. The van der Waals surface area contributed by atoms with E-state index in [4.69, 9.17) is 81.1 Å². The second-order valence-electron chi connectivity index (χ2n) is 46.9. The van der Waals surface area contributed by atoms with E-state index in [0.717, 1.165) is 10.4 Å². The standard InChI is InChI=1S/C28H51NO5Si2.C27H52N2O5Si2.C17H34N2O5Si.C11H18N2O6.C11H18N2O5.C6H15N.CH3F/c1-14-22(20-32-35(12,13)27(5,6)7)24(29-25(30)34-26(2,3)4)21-33-36(31-11,28(8,9)10)23-18-16-15-17-19-23;1-25(2,3)34-24(30)29-23(21(18-28)19-32-35(11,12)26(4,5)6)20-33-36(31-10,27(7,8)9)22-16-14-13-15-17-22;1-16(2,3)24-15(21)19-13-11-22-14(20)18-9-12(13)10-23-25(7,8)17(4,5)6;1-11(2,3)19-10(17)13-7-5-18-9(16)12-4-6(7)8(14)15;1-11(2,3)18-10(16)13-8-6-17-9(15)12-4-7(8)5-14;1-4-7(5-2)6-3;1-2/h14-19,22,24H,1,20-21H2,2-13H3,(H,29,30);13-17,21,23H,18-20,28H2,1-12H3,(H,29,30);12-13H,9-11H2,1-8H3,(H,18,20)(H,19,21);6-7H,4-5H2,1-3H3,(H,12,16)(H,13,17)(H,14,15);5,7-8H,4,6H2,1-3H3,(H,12,15)(H,13,16);4-6H2,1-3H3;1H3/t22-,24+,36?;21-,23+,36?;12-,13+;6-,7-;7-,8+;;/m00010../s1/i;;;;;;1D. The summed E-state index contributed by atoms with van der Waals surface area (Å²) < 4.78 is 102. The maximum Gasteiger partial charge on any atom is 0.408 e. The van der Waals surface area contributed by atoms with Crippen LogP contribution >= 0.6 is 0 Å². The van der Waals surface area contributed by atoms with Crippen LogP contribution in [-0.4, -0.2) is 291 Å². The molecule has 2 aromatic carbocycles. The summed E-state index contributed by atoms with van der Waals surface area (Å²) in [6.45, 7) is 89.1. The van der Waals surface area contributed by atoms with Gasteiger partial charge in [0.15, 0.2) is 25.0 Å². The molecule has 5 rings (SSSR count). The number of nitrogens with zero attached hydrogens (tertiary/aromatic N) is 1. The van der Waals surface area contributed by atoms with Crippen LogP contribution in [0.1, 0.15) is 230 Å². The largest absolute Gasteiger partial charge is 0.481 e. The molecule has 11 N–H and O–H groups in total. The van der Waals surface area contributed by atoms with Crippen molar-refractivity contribution in [1.82, 2.24) is 47.4 Å². The fourth-order valence-electron chi connectivity index (χ4n) is 13.1. The van der Waals surface area contributed by atoms with Crippen LogP contribution in [0, 0.1) is 29.6 Å². The Labute approximate surface area is 863 Å². The number of halogens is 1. The topological polar surface area (TPSA) is 455 Å². The van der Waals surface area contributed by atoms with Crippen LogP contribution in [0.25, 0.3) is 0 Å². The van der Waals surface area contributed by atoms with E-state index in [0.29, 0.717) is 39.2 Å². The van der Waals surface area contributed by atoms with Gasteiger partial charge in [0.05, 0.1) is 63.8 Å². The lowest BCUT2D eigenvalue weighted by Crippen LogP contribution is -2.62. The summed E-state index contributed by atoms with van der Waals surface area (Å²) in [6.07, 6.45) is -2.17. The third-order valence-electron chi connectivity index (χ3n) is 24.4. The lowest BCUT2D eigenvalue weighted by atomic mass is 10.0. The van der Waals surface area contributed by atoms with E-state index in [1.807, 2.05) is 84.0 Å². The highest BCUT2D eigenvalue weighted by Gasteiger charge is 2.54. The SMILES string of the molecule is C=C[C@@H](CO[Si](C)(C)C(C)(C)C)[C@@H](CO[Si](OC)(c1ccccc1)C(C)(C)C)NC(=O)OC(C)(C)C.CC(C)(C)OC(=O)N[C@@H]1COC(=O)NC[C@H]1C(=O)O.CC(C)(C)OC(=O)N[C@@H]1COC(=O)NC[C@H]1C=O.CC(C)(C)OC(=O)N[C@@H]1COC(=O)NC[C@H]1CO[Si](C)(C)C(C)(C)C.CCN(CC)CC.CO[Si](OC[C@@H](NC(=O)OC(C)(C)C)[C@@H](CN)CO[Si](C)(C)C(C)(C)C)(c1ccccc1)C(C)(C)C.[2H]CF. The molecule has 3 saturated heterocycles. The Morgan fingerprint density at radius 1 is 0.476 bits per heavy atom. The van der Waals surface area contributed by atoms with E-state index < -0.39 is 168 Å². The number of carboxylic acid groups (broad SMARTS) is 1. The molecular formula is C101H191FN10O26Si5. The molecule has 143 heavy (non-hydrogen) atoms. The molecule has 0 radical (unpaired) electrons. The zero-order valence-corrected chi connectivity index (χ0v) is 99.8. The third kappa shape index (κ3) is 52.0. The van der Waals surface area contributed by atoms with Gasteiger partial charge in [0.25, 0.3) is 0 Å². The first kappa shape index (κ1) is 135. The number of hydrogen-bond donors (Lipinski definition) is 10. The van der Waals surface area contributed by atoms with E-state index in [2.05, 4.69) is 242 Å². The van der Waals surface area contributed by atoms with Crippen LogP contribution in [0.5, 0.6) is 0 Å². The summed E-state index contributed by atoms with van der Waals surface area (Å²) in [5, 5.41) is 32.1. The van der Waals surface area contributed by atoms with Crippen LogP contribution in [0.4, 0.5) is 42.7 Å². The Hall–Kier alpha value is -7.87. The van der Waals surface area contributed by atoms with E-state index >= 15 is 0 Å². The second-order valence-corrected chi connectivity index (χ2v) is 69.4. The number of aldehydes is 1. The summed E-state index contributed by atoms with van der Waals surface area (Å²) in [7, 11) is -9.36. The molecule has 0 saturated carbocycles. The number of amides is 8. The molecule has 2 unspecified atom stereocenters. The lowest BCUT2D eigenvalue weighted by molar-refractivity contribution is -0.142. The quantitative estimate of drug-likeness (QED) is 0.0137. The predicted octanol–water partition coefficient (Wildman–Crippen LogP) is 17.8. The van der Waals surface area contributed by atoms with Crippen LogP contribution in [-0.2, 0) is 78.5 Å². The van der Waals surface area contributed by atoms with Crippen LogP contribution in [0.3, 0.4) is 0 Å². The number of nitrogens with one attached hydrogen (secondary N) is 8. The zero-order valence-electron chi connectivity index (χ0n) is 95.8. The van der Waals surface area contributed by atoms with E-state index in [1.165, 1.54) is 19.6 Å². The van der Waals surface area contributed by atoms with Crippen molar-refractivity contribution < 1.29 is 128 Å². The highest BCUT2D eigenvalue weighted by molar-refractivity contribution is 6.84. The third-order valence-corrected chi connectivity index (χ3v) is 46.3. The number of nitrogens with two attached hydrogens (primary N) is 1.